The molecule has 0 amide bonds. The molecule has 2 aromatic rings. The number of rotatable bonds is 4. The highest BCUT2D eigenvalue weighted by Crippen LogP contribution is 2.23. The van der Waals surface area contributed by atoms with Crippen molar-refractivity contribution >= 4 is 43.0 Å². The van der Waals surface area contributed by atoms with E-state index in [1.54, 1.807) is 19.2 Å². The molecule has 0 aliphatic heterocycles. The summed E-state index contributed by atoms with van der Waals surface area (Å²) in [6.07, 6.45) is 0. The third-order valence-electron chi connectivity index (χ3n) is 2.59. The van der Waals surface area contributed by atoms with Crippen molar-refractivity contribution in [3.8, 4) is 0 Å². The van der Waals surface area contributed by atoms with Gasteiger partial charge in [0.05, 0.1) is 4.90 Å². The van der Waals surface area contributed by atoms with E-state index >= 15 is 0 Å². The Balaban J connectivity index is 2.21. The number of sulfonamides is 1. The maximum absolute atomic E-state index is 12.3. The normalized spacial score (nSPS) is 11.9. The van der Waals surface area contributed by atoms with Gasteiger partial charge < -0.3 is 5.73 Å². The van der Waals surface area contributed by atoms with Gasteiger partial charge in [-0.2, -0.15) is 4.31 Å². The second kappa shape index (κ2) is 5.62. The summed E-state index contributed by atoms with van der Waals surface area (Å²) >= 11 is 4.87. The minimum absolute atomic E-state index is 0.250. The molecule has 0 bridgehead atoms. The number of nitrogen functional groups attached to an aromatic ring is 1. The maximum atomic E-state index is 12.3. The van der Waals surface area contributed by atoms with Gasteiger partial charge in [0.2, 0.25) is 10.0 Å². The van der Waals surface area contributed by atoms with Crippen LogP contribution >= 0.6 is 27.3 Å². The summed E-state index contributed by atoms with van der Waals surface area (Å²) in [5, 5.41) is 1.93. The van der Waals surface area contributed by atoms with Gasteiger partial charge in [0.25, 0.3) is 0 Å². The van der Waals surface area contributed by atoms with Crippen molar-refractivity contribution in [3.63, 3.8) is 0 Å². The molecule has 1 aromatic heterocycles. The first kappa shape index (κ1) is 14.5. The Hall–Kier alpha value is -0.890. The summed E-state index contributed by atoms with van der Waals surface area (Å²) in [5.41, 5.74) is 6.11. The molecule has 7 heteroatoms. The average Bonchev–Trinajstić information content (AvgIpc) is 2.75. The molecule has 19 heavy (non-hydrogen) atoms. The van der Waals surface area contributed by atoms with Crippen LogP contribution in [-0.4, -0.2) is 19.8 Å². The lowest BCUT2D eigenvalue weighted by Gasteiger charge is -2.16. The zero-order valence-corrected chi connectivity index (χ0v) is 13.4. The summed E-state index contributed by atoms with van der Waals surface area (Å²) in [5.74, 6) is 0. The smallest absolute Gasteiger partial charge is 0.243 e. The third-order valence-corrected chi connectivity index (χ3v) is 6.09. The van der Waals surface area contributed by atoms with Crippen LogP contribution in [0.2, 0.25) is 0 Å². The van der Waals surface area contributed by atoms with E-state index in [0.29, 0.717) is 12.2 Å². The lowest BCUT2D eigenvalue weighted by molar-refractivity contribution is 0.469. The zero-order chi connectivity index (χ0) is 14.0. The third kappa shape index (κ3) is 3.36. The Morgan fingerprint density at radius 1 is 1.32 bits per heavy atom. The highest BCUT2D eigenvalue weighted by Gasteiger charge is 2.21. The van der Waals surface area contributed by atoms with Crippen molar-refractivity contribution in [1.82, 2.24) is 4.31 Å². The molecule has 0 atom stereocenters. The van der Waals surface area contributed by atoms with Crippen molar-refractivity contribution in [2.45, 2.75) is 11.4 Å². The second-order valence-corrected chi connectivity index (χ2v) is 8.02. The molecule has 0 radical (unpaired) electrons. The van der Waals surface area contributed by atoms with E-state index in [-0.39, 0.29) is 4.90 Å². The molecule has 4 nitrogen and oxygen atoms in total. The van der Waals surface area contributed by atoms with Gasteiger partial charge in [0.15, 0.2) is 0 Å². The number of hydrogen-bond acceptors (Lipinski definition) is 4. The Labute approximate surface area is 125 Å². The van der Waals surface area contributed by atoms with Crippen molar-refractivity contribution in [1.29, 1.82) is 0 Å². The maximum Gasteiger partial charge on any atom is 0.243 e. The first-order valence-corrected chi connectivity index (χ1v) is 8.55. The minimum Gasteiger partial charge on any atom is -0.399 e. The van der Waals surface area contributed by atoms with E-state index in [9.17, 15) is 8.42 Å². The SMILES string of the molecule is CN(Cc1cc(Br)cs1)S(=O)(=O)c1ccc(N)cc1. The minimum atomic E-state index is -3.48. The molecule has 1 heterocycles. The Morgan fingerprint density at radius 2 is 1.95 bits per heavy atom. The first-order chi connectivity index (χ1) is 8.89. The highest BCUT2D eigenvalue weighted by atomic mass is 79.9. The van der Waals surface area contributed by atoms with E-state index in [4.69, 9.17) is 5.73 Å². The second-order valence-electron chi connectivity index (χ2n) is 4.06. The predicted octanol–water partition coefficient (Wildman–Crippen LogP) is 2.91. The molecule has 0 aliphatic carbocycles. The van der Waals surface area contributed by atoms with Gasteiger partial charge in [-0.15, -0.1) is 11.3 Å². The molecule has 0 saturated heterocycles. The number of benzene rings is 1. The number of hydrogen-bond donors (Lipinski definition) is 1. The summed E-state index contributed by atoms with van der Waals surface area (Å²) in [6.45, 7) is 0.350. The molecule has 2 rings (SSSR count). The van der Waals surface area contributed by atoms with Crippen LogP contribution in [0, 0.1) is 0 Å². The highest BCUT2D eigenvalue weighted by molar-refractivity contribution is 9.10. The van der Waals surface area contributed by atoms with Crippen LogP contribution < -0.4 is 5.73 Å². The van der Waals surface area contributed by atoms with Crippen LogP contribution in [0.25, 0.3) is 0 Å². The molecule has 0 fully saturated rings. The lowest BCUT2D eigenvalue weighted by atomic mass is 10.3. The van der Waals surface area contributed by atoms with Crippen LogP contribution in [0.3, 0.4) is 0 Å². The Bertz CT molecular complexity index is 665. The molecular formula is C12H13BrN2O2S2. The van der Waals surface area contributed by atoms with Crippen LogP contribution in [0.1, 0.15) is 4.88 Å². The fourth-order valence-corrected chi connectivity index (χ4v) is 4.29. The largest absolute Gasteiger partial charge is 0.399 e. The summed E-state index contributed by atoms with van der Waals surface area (Å²) in [4.78, 5) is 1.23. The van der Waals surface area contributed by atoms with Crippen LogP contribution in [0.4, 0.5) is 5.69 Å². The van der Waals surface area contributed by atoms with Gasteiger partial charge in [-0.25, -0.2) is 8.42 Å². The van der Waals surface area contributed by atoms with Crippen molar-refractivity contribution < 1.29 is 8.42 Å². The first-order valence-electron chi connectivity index (χ1n) is 5.44. The molecule has 0 spiro atoms. The number of halogens is 1. The number of anilines is 1. The summed E-state index contributed by atoms with van der Waals surface area (Å²) < 4.78 is 27.0. The van der Waals surface area contributed by atoms with Crippen molar-refractivity contribution in [2.75, 3.05) is 12.8 Å². The Kier molecular flexibility index (Phi) is 4.29. The van der Waals surface area contributed by atoms with Gasteiger partial charge in [-0.3, -0.25) is 0 Å². The monoisotopic (exact) mass is 360 g/mol. The van der Waals surface area contributed by atoms with Crippen LogP contribution in [0.15, 0.2) is 45.1 Å². The molecule has 0 unspecified atom stereocenters. The molecule has 0 saturated carbocycles. The van der Waals surface area contributed by atoms with Crippen molar-refractivity contribution in [3.05, 3.63) is 45.1 Å². The van der Waals surface area contributed by atoms with Gasteiger partial charge in [0.1, 0.15) is 0 Å². The van der Waals surface area contributed by atoms with Crippen molar-refractivity contribution in [2.24, 2.45) is 0 Å². The van der Waals surface area contributed by atoms with E-state index in [0.717, 1.165) is 9.35 Å². The summed E-state index contributed by atoms with van der Waals surface area (Å²) in [7, 11) is -1.91. The van der Waals surface area contributed by atoms with E-state index < -0.39 is 10.0 Å². The van der Waals surface area contributed by atoms with Gasteiger partial charge >= 0.3 is 0 Å². The Morgan fingerprint density at radius 3 is 2.47 bits per heavy atom. The average molecular weight is 361 g/mol. The van der Waals surface area contributed by atoms with Gasteiger partial charge in [0, 0.05) is 34.0 Å². The zero-order valence-electron chi connectivity index (χ0n) is 10.2. The topological polar surface area (TPSA) is 63.4 Å². The van der Waals surface area contributed by atoms with E-state index in [1.165, 1.54) is 27.8 Å². The predicted molar refractivity (Wildman–Crippen MR) is 81.5 cm³/mol. The number of nitrogens with two attached hydrogens (primary N) is 1. The summed E-state index contributed by atoms with van der Waals surface area (Å²) in [6, 6.07) is 8.13. The quantitative estimate of drug-likeness (QED) is 0.852. The van der Waals surface area contributed by atoms with Crippen LogP contribution in [0.5, 0.6) is 0 Å². The lowest BCUT2D eigenvalue weighted by Crippen LogP contribution is -2.26. The fraction of sp³-hybridized carbons (Fsp3) is 0.167. The standard InChI is InChI=1S/C12H13BrN2O2S2/c1-15(7-11-6-9(13)8-18-11)19(16,17)12-4-2-10(14)3-5-12/h2-6,8H,7,14H2,1H3. The molecule has 1 aromatic carbocycles. The van der Waals surface area contributed by atoms with Crippen LogP contribution in [-0.2, 0) is 16.6 Å². The molecular weight excluding hydrogens is 348 g/mol. The molecule has 2 N–H and O–H groups in total. The molecule has 102 valence electrons. The van der Waals surface area contributed by atoms with E-state index in [2.05, 4.69) is 15.9 Å². The molecule has 0 aliphatic rings. The van der Waals surface area contributed by atoms with Gasteiger partial charge in [-0.05, 0) is 46.3 Å². The number of nitrogens with zero attached hydrogens (tertiary/aromatic N) is 1. The fourth-order valence-electron chi connectivity index (χ4n) is 1.56. The van der Waals surface area contributed by atoms with Gasteiger partial charge in [-0.1, -0.05) is 0 Å². The van der Waals surface area contributed by atoms with E-state index in [1.807, 2.05) is 11.4 Å². The number of thiophene rings is 1.